The molecule has 0 unspecified atom stereocenters. The minimum absolute atomic E-state index is 0.589. The van der Waals surface area contributed by atoms with Crippen LogP contribution in [0.4, 0.5) is 0 Å². The summed E-state index contributed by atoms with van der Waals surface area (Å²) in [4.78, 5) is 0. The molecule has 0 saturated heterocycles. The molecule has 0 amide bonds. The van der Waals surface area contributed by atoms with E-state index in [1.54, 1.807) is 0 Å². The molecule has 0 spiro atoms. The van der Waals surface area contributed by atoms with Gasteiger partial charge in [-0.05, 0) is 18.1 Å². The van der Waals surface area contributed by atoms with E-state index in [9.17, 15) is 0 Å². The number of hydrogen-bond donors (Lipinski definition) is 1. The Kier molecular flexibility index (Phi) is 3.94. The SMILES string of the molecule is CCCCn1ccc(-c2ccc(CN)cc2)n1. The molecule has 0 saturated carbocycles. The molecule has 3 nitrogen and oxygen atoms in total. The van der Waals surface area contributed by atoms with Crippen LogP contribution in [0.5, 0.6) is 0 Å². The van der Waals surface area contributed by atoms with E-state index in [4.69, 9.17) is 5.73 Å². The first-order valence-electron chi connectivity index (χ1n) is 6.16. The first kappa shape index (κ1) is 11.9. The standard InChI is InChI=1S/C14H19N3/c1-2-3-9-17-10-8-14(16-17)13-6-4-12(11-15)5-7-13/h4-8,10H,2-3,9,11,15H2,1H3. The molecule has 0 atom stereocenters. The molecule has 2 rings (SSSR count). The van der Waals surface area contributed by atoms with Crippen LogP contribution in [0, 0.1) is 0 Å². The van der Waals surface area contributed by atoms with Gasteiger partial charge in [-0.3, -0.25) is 4.68 Å². The van der Waals surface area contributed by atoms with Crippen molar-refractivity contribution in [2.75, 3.05) is 0 Å². The monoisotopic (exact) mass is 229 g/mol. The smallest absolute Gasteiger partial charge is 0.0923 e. The third kappa shape index (κ3) is 2.94. The topological polar surface area (TPSA) is 43.8 Å². The van der Waals surface area contributed by atoms with Gasteiger partial charge in [0.25, 0.3) is 0 Å². The fraction of sp³-hybridized carbons (Fsp3) is 0.357. The van der Waals surface area contributed by atoms with E-state index < -0.39 is 0 Å². The summed E-state index contributed by atoms with van der Waals surface area (Å²) >= 11 is 0. The summed E-state index contributed by atoms with van der Waals surface area (Å²) in [6, 6.07) is 10.3. The van der Waals surface area contributed by atoms with E-state index in [-0.39, 0.29) is 0 Å². The van der Waals surface area contributed by atoms with Crippen molar-refractivity contribution in [2.24, 2.45) is 5.73 Å². The molecule has 0 aliphatic carbocycles. The summed E-state index contributed by atoms with van der Waals surface area (Å²) in [5.74, 6) is 0. The Labute approximate surface area is 102 Å². The minimum atomic E-state index is 0.589. The van der Waals surface area contributed by atoms with Crippen molar-refractivity contribution in [3.63, 3.8) is 0 Å². The molecule has 2 aromatic rings. The first-order chi connectivity index (χ1) is 8.33. The summed E-state index contributed by atoms with van der Waals surface area (Å²) in [5.41, 5.74) is 8.91. The maximum absolute atomic E-state index is 5.58. The van der Waals surface area contributed by atoms with Crippen molar-refractivity contribution >= 4 is 0 Å². The highest BCUT2D eigenvalue weighted by molar-refractivity contribution is 5.58. The van der Waals surface area contributed by atoms with Gasteiger partial charge in [-0.1, -0.05) is 37.6 Å². The van der Waals surface area contributed by atoms with Crippen molar-refractivity contribution in [1.82, 2.24) is 9.78 Å². The first-order valence-corrected chi connectivity index (χ1v) is 6.16. The van der Waals surface area contributed by atoms with Gasteiger partial charge in [-0.15, -0.1) is 0 Å². The molecule has 2 N–H and O–H groups in total. The Morgan fingerprint density at radius 2 is 1.94 bits per heavy atom. The Hall–Kier alpha value is -1.61. The van der Waals surface area contributed by atoms with E-state index in [0.29, 0.717) is 6.54 Å². The lowest BCUT2D eigenvalue weighted by molar-refractivity contribution is 0.573. The van der Waals surface area contributed by atoms with Crippen molar-refractivity contribution in [3.05, 3.63) is 42.1 Å². The normalized spacial score (nSPS) is 10.7. The van der Waals surface area contributed by atoms with Crippen LogP contribution in [0.15, 0.2) is 36.5 Å². The second kappa shape index (κ2) is 5.64. The summed E-state index contributed by atoms with van der Waals surface area (Å²) in [6.45, 7) is 3.78. The van der Waals surface area contributed by atoms with Crippen LogP contribution >= 0.6 is 0 Å². The van der Waals surface area contributed by atoms with Crippen LogP contribution < -0.4 is 5.73 Å². The van der Waals surface area contributed by atoms with E-state index in [1.165, 1.54) is 12.8 Å². The third-order valence-corrected chi connectivity index (χ3v) is 2.87. The summed E-state index contributed by atoms with van der Waals surface area (Å²) < 4.78 is 2.01. The van der Waals surface area contributed by atoms with Crippen LogP contribution in [-0.2, 0) is 13.1 Å². The van der Waals surface area contributed by atoms with Crippen molar-refractivity contribution in [1.29, 1.82) is 0 Å². The van der Waals surface area contributed by atoms with Crippen LogP contribution in [0.2, 0.25) is 0 Å². The van der Waals surface area contributed by atoms with Crippen LogP contribution in [0.1, 0.15) is 25.3 Å². The zero-order valence-corrected chi connectivity index (χ0v) is 10.3. The number of unbranched alkanes of at least 4 members (excludes halogenated alkanes) is 1. The molecule has 0 aliphatic rings. The molecule has 3 heteroatoms. The highest BCUT2D eigenvalue weighted by atomic mass is 15.3. The van der Waals surface area contributed by atoms with Gasteiger partial charge in [-0.2, -0.15) is 5.10 Å². The van der Waals surface area contributed by atoms with Crippen LogP contribution in [-0.4, -0.2) is 9.78 Å². The van der Waals surface area contributed by atoms with E-state index in [0.717, 1.165) is 23.4 Å². The van der Waals surface area contributed by atoms with Gasteiger partial charge >= 0.3 is 0 Å². The maximum atomic E-state index is 5.58. The molecular formula is C14H19N3. The quantitative estimate of drug-likeness (QED) is 0.856. The zero-order chi connectivity index (χ0) is 12.1. The lowest BCUT2D eigenvalue weighted by Gasteiger charge is -2.00. The van der Waals surface area contributed by atoms with Gasteiger partial charge in [0.2, 0.25) is 0 Å². The molecule has 17 heavy (non-hydrogen) atoms. The van der Waals surface area contributed by atoms with Crippen molar-refractivity contribution < 1.29 is 0 Å². The second-order valence-corrected chi connectivity index (χ2v) is 4.22. The number of nitrogens with two attached hydrogens (primary N) is 1. The van der Waals surface area contributed by atoms with Crippen molar-refractivity contribution in [3.8, 4) is 11.3 Å². The lowest BCUT2D eigenvalue weighted by atomic mass is 10.1. The Bertz CT molecular complexity index is 457. The molecular weight excluding hydrogens is 210 g/mol. The molecule has 1 heterocycles. The van der Waals surface area contributed by atoms with Gasteiger partial charge in [0, 0.05) is 24.8 Å². The van der Waals surface area contributed by atoms with Gasteiger partial charge < -0.3 is 5.73 Å². The number of hydrogen-bond acceptors (Lipinski definition) is 2. The van der Waals surface area contributed by atoms with Crippen LogP contribution in [0.25, 0.3) is 11.3 Å². The lowest BCUT2D eigenvalue weighted by Crippen LogP contribution is -1.98. The predicted octanol–water partition coefficient (Wildman–Crippen LogP) is 2.81. The third-order valence-electron chi connectivity index (χ3n) is 2.87. The number of nitrogens with zero attached hydrogens (tertiary/aromatic N) is 2. The largest absolute Gasteiger partial charge is 0.326 e. The highest BCUT2D eigenvalue weighted by Crippen LogP contribution is 2.17. The van der Waals surface area contributed by atoms with Gasteiger partial charge in [-0.25, -0.2) is 0 Å². The molecule has 0 fully saturated rings. The maximum Gasteiger partial charge on any atom is 0.0923 e. The fourth-order valence-electron chi connectivity index (χ4n) is 1.77. The van der Waals surface area contributed by atoms with E-state index >= 15 is 0 Å². The fourth-order valence-corrected chi connectivity index (χ4v) is 1.77. The number of aromatic nitrogens is 2. The van der Waals surface area contributed by atoms with Crippen molar-refractivity contribution in [2.45, 2.75) is 32.9 Å². The number of aryl methyl sites for hydroxylation is 1. The summed E-state index contributed by atoms with van der Waals surface area (Å²) in [6.07, 6.45) is 4.41. The van der Waals surface area contributed by atoms with Gasteiger partial charge in [0.15, 0.2) is 0 Å². The Morgan fingerprint density at radius 3 is 2.59 bits per heavy atom. The predicted molar refractivity (Wildman–Crippen MR) is 70.5 cm³/mol. The minimum Gasteiger partial charge on any atom is -0.326 e. The number of benzene rings is 1. The molecule has 0 radical (unpaired) electrons. The molecule has 0 aliphatic heterocycles. The van der Waals surface area contributed by atoms with E-state index in [1.807, 2.05) is 10.9 Å². The average molecular weight is 229 g/mol. The second-order valence-electron chi connectivity index (χ2n) is 4.22. The number of rotatable bonds is 5. The van der Waals surface area contributed by atoms with Gasteiger partial charge in [0.1, 0.15) is 0 Å². The molecule has 1 aromatic heterocycles. The highest BCUT2D eigenvalue weighted by Gasteiger charge is 2.01. The Balaban J connectivity index is 2.12. The zero-order valence-electron chi connectivity index (χ0n) is 10.3. The molecule has 1 aromatic carbocycles. The van der Waals surface area contributed by atoms with Crippen LogP contribution in [0.3, 0.4) is 0 Å². The van der Waals surface area contributed by atoms with Gasteiger partial charge in [0.05, 0.1) is 5.69 Å². The molecule has 0 bridgehead atoms. The Morgan fingerprint density at radius 1 is 1.18 bits per heavy atom. The molecule has 90 valence electrons. The average Bonchev–Trinajstić information content (AvgIpc) is 2.85. The van der Waals surface area contributed by atoms with E-state index in [2.05, 4.69) is 42.4 Å². The summed E-state index contributed by atoms with van der Waals surface area (Å²) in [7, 11) is 0. The summed E-state index contributed by atoms with van der Waals surface area (Å²) in [5, 5.41) is 4.56.